The van der Waals surface area contributed by atoms with Crippen molar-refractivity contribution in [3.63, 3.8) is 0 Å². The molecule has 0 aliphatic heterocycles. The second-order valence-electron chi connectivity index (χ2n) is 17.5. The smallest absolute Gasteiger partial charge is 0.164 e. The summed E-state index contributed by atoms with van der Waals surface area (Å²) in [6.07, 6.45) is 0. The molecule has 4 nitrogen and oxygen atoms in total. The molecule has 0 fully saturated rings. The molecule has 0 saturated heterocycles. The Bertz CT molecular complexity index is 4230. The molecular formula is C63H38N4S2. The van der Waals surface area contributed by atoms with E-state index in [1.165, 1.54) is 79.0 Å². The molecule has 0 unspecified atom stereocenters. The first-order valence-electron chi connectivity index (χ1n) is 23.2. The number of hydrogen-bond acceptors (Lipinski definition) is 5. The van der Waals surface area contributed by atoms with E-state index in [0.717, 1.165) is 38.9 Å². The Hall–Kier alpha value is -8.55. The first kappa shape index (κ1) is 39.6. The van der Waals surface area contributed by atoms with Gasteiger partial charge in [-0.1, -0.05) is 170 Å². The molecule has 0 saturated carbocycles. The third-order valence-electron chi connectivity index (χ3n) is 13.5. The summed E-state index contributed by atoms with van der Waals surface area (Å²) < 4.78 is 7.48. The van der Waals surface area contributed by atoms with Crippen LogP contribution in [0.25, 0.3) is 135 Å². The number of nitrogens with zero attached hydrogens (tertiary/aromatic N) is 4. The lowest BCUT2D eigenvalue weighted by Crippen LogP contribution is -2.00. The molecule has 0 aliphatic rings. The van der Waals surface area contributed by atoms with E-state index in [4.69, 9.17) is 15.0 Å². The van der Waals surface area contributed by atoms with E-state index >= 15 is 0 Å². The van der Waals surface area contributed by atoms with Gasteiger partial charge in [-0.2, -0.15) is 0 Å². The summed E-state index contributed by atoms with van der Waals surface area (Å²) in [6, 6.07) is 82.9. The van der Waals surface area contributed by atoms with Gasteiger partial charge >= 0.3 is 0 Å². The topological polar surface area (TPSA) is 43.6 Å². The van der Waals surface area contributed by atoms with Gasteiger partial charge in [0.1, 0.15) is 0 Å². The number of benzene rings is 10. The van der Waals surface area contributed by atoms with E-state index in [1.807, 2.05) is 47.7 Å². The molecule has 0 radical (unpaired) electrons. The number of hydrogen-bond donors (Lipinski definition) is 0. The lowest BCUT2D eigenvalue weighted by molar-refractivity contribution is 1.08. The van der Waals surface area contributed by atoms with Crippen LogP contribution >= 0.6 is 22.7 Å². The molecule has 10 aromatic carbocycles. The van der Waals surface area contributed by atoms with Crippen molar-refractivity contribution in [3.05, 3.63) is 231 Å². The summed E-state index contributed by atoms with van der Waals surface area (Å²) in [5, 5.41) is 7.41. The maximum Gasteiger partial charge on any atom is 0.164 e. The molecule has 0 N–H and O–H groups in total. The molecule has 6 heteroatoms. The predicted molar refractivity (Wildman–Crippen MR) is 293 cm³/mol. The van der Waals surface area contributed by atoms with Crippen LogP contribution in [0.2, 0.25) is 0 Å². The van der Waals surface area contributed by atoms with Crippen LogP contribution in [0.3, 0.4) is 0 Å². The summed E-state index contributed by atoms with van der Waals surface area (Å²) >= 11 is 3.68. The molecule has 322 valence electrons. The van der Waals surface area contributed by atoms with Crippen molar-refractivity contribution in [2.75, 3.05) is 0 Å². The largest absolute Gasteiger partial charge is 0.309 e. The fourth-order valence-electron chi connectivity index (χ4n) is 10.2. The fourth-order valence-corrected chi connectivity index (χ4v) is 12.5. The van der Waals surface area contributed by atoms with Crippen molar-refractivity contribution in [1.29, 1.82) is 0 Å². The zero-order valence-electron chi connectivity index (χ0n) is 37.0. The number of thiophene rings is 2. The van der Waals surface area contributed by atoms with E-state index in [2.05, 4.69) is 199 Å². The van der Waals surface area contributed by atoms with E-state index in [0.29, 0.717) is 17.5 Å². The van der Waals surface area contributed by atoms with Gasteiger partial charge in [-0.3, -0.25) is 0 Å². The molecule has 0 amide bonds. The number of aromatic nitrogens is 4. The van der Waals surface area contributed by atoms with Gasteiger partial charge in [0, 0.05) is 73.5 Å². The second-order valence-corrected chi connectivity index (χ2v) is 19.7. The van der Waals surface area contributed by atoms with Crippen molar-refractivity contribution in [3.8, 4) is 73.2 Å². The Morgan fingerprint density at radius 3 is 1.48 bits per heavy atom. The summed E-state index contributed by atoms with van der Waals surface area (Å²) in [5.74, 6) is 1.97. The van der Waals surface area contributed by atoms with Gasteiger partial charge in [-0.15, -0.1) is 22.7 Å². The fraction of sp³-hybridized carbons (Fsp3) is 0. The molecule has 0 atom stereocenters. The summed E-state index contributed by atoms with van der Waals surface area (Å²) in [5.41, 5.74) is 13.6. The first-order chi connectivity index (χ1) is 34.2. The van der Waals surface area contributed by atoms with E-state index in [-0.39, 0.29) is 0 Å². The van der Waals surface area contributed by atoms with Crippen molar-refractivity contribution in [2.45, 2.75) is 0 Å². The minimum atomic E-state index is 0.653. The van der Waals surface area contributed by atoms with Gasteiger partial charge in [0.15, 0.2) is 17.5 Å². The third-order valence-corrected chi connectivity index (χ3v) is 15.8. The molecular weight excluding hydrogens is 877 g/mol. The van der Waals surface area contributed by atoms with Crippen LogP contribution in [0.4, 0.5) is 0 Å². The van der Waals surface area contributed by atoms with Gasteiger partial charge in [0.25, 0.3) is 0 Å². The van der Waals surface area contributed by atoms with E-state index < -0.39 is 0 Å². The lowest BCUT2D eigenvalue weighted by atomic mass is 9.97. The van der Waals surface area contributed by atoms with Gasteiger partial charge in [0.05, 0.1) is 11.0 Å². The van der Waals surface area contributed by atoms with Gasteiger partial charge < -0.3 is 4.57 Å². The average Bonchev–Trinajstić information content (AvgIpc) is 4.10. The molecule has 0 spiro atoms. The van der Waals surface area contributed by atoms with Crippen molar-refractivity contribution >= 4 is 84.8 Å². The molecule has 14 rings (SSSR count). The maximum atomic E-state index is 5.15. The van der Waals surface area contributed by atoms with Crippen LogP contribution in [0.1, 0.15) is 0 Å². The van der Waals surface area contributed by atoms with E-state index in [1.54, 1.807) is 11.3 Å². The molecule has 0 aliphatic carbocycles. The molecule has 4 aromatic heterocycles. The van der Waals surface area contributed by atoms with Crippen LogP contribution < -0.4 is 0 Å². The van der Waals surface area contributed by atoms with E-state index in [9.17, 15) is 0 Å². The van der Waals surface area contributed by atoms with Gasteiger partial charge in [-0.05, 0) is 94.0 Å². The highest BCUT2D eigenvalue weighted by Gasteiger charge is 2.19. The van der Waals surface area contributed by atoms with Crippen LogP contribution in [0, 0.1) is 0 Å². The number of fused-ring (bicyclic) bond motifs is 9. The molecule has 69 heavy (non-hydrogen) atoms. The molecule has 4 heterocycles. The monoisotopic (exact) mass is 914 g/mol. The van der Waals surface area contributed by atoms with Crippen LogP contribution in [-0.2, 0) is 0 Å². The highest BCUT2D eigenvalue weighted by molar-refractivity contribution is 7.26. The van der Waals surface area contributed by atoms with Gasteiger partial charge in [0.2, 0.25) is 0 Å². The highest BCUT2D eigenvalue weighted by atomic mass is 32.1. The SMILES string of the molecule is c1ccc(-c2nc(-c3ccccc3)nc(-c3cccc4sc5ccc(-c6ccc7c(c6)c6cc(-c8ccc(-c9cccc%10c9sc9ccccc9%10)cc8)ccc6n7-c6ccccc6)cc5c34)n2)cc1. The van der Waals surface area contributed by atoms with Crippen molar-refractivity contribution in [1.82, 2.24) is 19.5 Å². The second kappa shape index (κ2) is 16.1. The standard InChI is InChI=1S/C63H38N4S2/c1-4-14-41(15-5-1)61-64-62(42-16-6-2-7-17-42)66-63(65-61)50-23-13-25-58-59(50)53-38-45(32-35-57(53)68-58)44-31-34-55-52(37-44)51-36-43(30-33-54(51)67(55)46-18-8-3-9-19-46)39-26-28-40(29-27-39)47-21-12-22-49-48-20-10-11-24-56(48)69-60(47)49/h1-38H. The van der Waals surface area contributed by atoms with Crippen LogP contribution in [-0.4, -0.2) is 19.5 Å². The normalized spacial score (nSPS) is 11.8. The van der Waals surface area contributed by atoms with Crippen LogP contribution in [0.5, 0.6) is 0 Å². The Labute approximate surface area is 405 Å². The number of para-hydroxylation sites is 1. The maximum absolute atomic E-state index is 5.15. The summed E-state index contributed by atoms with van der Waals surface area (Å²) in [6.45, 7) is 0. The van der Waals surface area contributed by atoms with Gasteiger partial charge in [-0.25, -0.2) is 15.0 Å². The lowest BCUT2D eigenvalue weighted by Gasteiger charge is -2.10. The third kappa shape index (κ3) is 6.68. The predicted octanol–water partition coefficient (Wildman–Crippen LogP) is 17.7. The number of rotatable bonds is 7. The van der Waals surface area contributed by atoms with Crippen molar-refractivity contribution in [2.24, 2.45) is 0 Å². The zero-order chi connectivity index (χ0) is 45.4. The molecule has 0 bridgehead atoms. The summed E-state index contributed by atoms with van der Waals surface area (Å²) in [4.78, 5) is 15.3. The Balaban J connectivity index is 0.896. The Morgan fingerprint density at radius 1 is 0.290 bits per heavy atom. The minimum Gasteiger partial charge on any atom is -0.309 e. The Kier molecular flexibility index (Phi) is 9.22. The quantitative estimate of drug-likeness (QED) is 0.160. The average molecular weight is 915 g/mol. The summed E-state index contributed by atoms with van der Waals surface area (Å²) in [7, 11) is 0. The van der Waals surface area contributed by atoms with Crippen LogP contribution in [0.15, 0.2) is 231 Å². The minimum absolute atomic E-state index is 0.653. The first-order valence-corrected chi connectivity index (χ1v) is 24.8. The van der Waals surface area contributed by atoms with Crippen molar-refractivity contribution < 1.29 is 0 Å². The molecule has 14 aromatic rings. The zero-order valence-corrected chi connectivity index (χ0v) is 38.7. The highest BCUT2D eigenvalue weighted by Crippen LogP contribution is 2.44. The Morgan fingerprint density at radius 2 is 0.783 bits per heavy atom.